The fourth-order valence-electron chi connectivity index (χ4n) is 1.67. The third-order valence-corrected chi connectivity index (χ3v) is 3.89. The molecule has 1 aromatic carbocycles. The Balaban J connectivity index is 2.70. The molecule has 0 fully saturated rings. The molecule has 0 aliphatic rings. The van der Waals surface area contributed by atoms with E-state index in [1.165, 1.54) is 12.1 Å². The second kappa shape index (κ2) is 8.48. The summed E-state index contributed by atoms with van der Waals surface area (Å²) in [6.45, 7) is 5.11. The normalized spacial score (nSPS) is 12.7. The van der Waals surface area contributed by atoms with Gasteiger partial charge >= 0.3 is 0 Å². The minimum absolute atomic E-state index is 0.0941. The molecule has 1 rings (SSSR count). The van der Waals surface area contributed by atoms with Gasteiger partial charge in [-0.25, -0.2) is 8.78 Å². The van der Waals surface area contributed by atoms with Crippen molar-refractivity contribution in [2.75, 3.05) is 18.1 Å². The van der Waals surface area contributed by atoms with Gasteiger partial charge in [-0.1, -0.05) is 19.9 Å². The third-order valence-electron chi connectivity index (χ3n) is 2.62. The first kappa shape index (κ1) is 15.4. The Morgan fingerprint density at radius 1 is 1.17 bits per heavy atom. The molecular formula is C14H21F2NS. The number of hydrogen-bond acceptors (Lipinski definition) is 2. The maximum absolute atomic E-state index is 13.2. The van der Waals surface area contributed by atoms with E-state index in [1.807, 2.05) is 11.8 Å². The lowest BCUT2D eigenvalue weighted by molar-refractivity contribution is 0.501. The maximum atomic E-state index is 13.2. The number of halogens is 2. The van der Waals surface area contributed by atoms with Gasteiger partial charge in [0.2, 0.25) is 0 Å². The van der Waals surface area contributed by atoms with E-state index < -0.39 is 11.6 Å². The molecule has 0 aliphatic carbocycles. The zero-order valence-corrected chi connectivity index (χ0v) is 11.8. The Morgan fingerprint density at radius 2 is 1.94 bits per heavy atom. The van der Waals surface area contributed by atoms with Crippen LogP contribution in [0.3, 0.4) is 0 Å². The first-order valence-corrected chi connectivity index (χ1v) is 7.60. The highest BCUT2D eigenvalue weighted by Crippen LogP contribution is 2.21. The van der Waals surface area contributed by atoms with Crippen LogP contribution < -0.4 is 5.32 Å². The van der Waals surface area contributed by atoms with E-state index in [0.717, 1.165) is 36.5 Å². The molecule has 18 heavy (non-hydrogen) atoms. The summed E-state index contributed by atoms with van der Waals surface area (Å²) in [7, 11) is 0. The fraction of sp³-hybridized carbons (Fsp3) is 0.571. The largest absolute Gasteiger partial charge is 0.309 e. The van der Waals surface area contributed by atoms with Gasteiger partial charge in [0.05, 0.1) is 0 Å². The molecule has 1 unspecified atom stereocenters. The van der Waals surface area contributed by atoms with Crippen LogP contribution in [0.25, 0.3) is 0 Å². The molecule has 0 spiro atoms. The van der Waals surface area contributed by atoms with Gasteiger partial charge in [0.15, 0.2) is 11.6 Å². The van der Waals surface area contributed by atoms with E-state index in [9.17, 15) is 8.78 Å². The quantitative estimate of drug-likeness (QED) is 0.714. The summed E-state index contributed by atoms with van der Waals surface area (Å²) in [6, 6.07) is 4.26. The Hall–Kier alpha value is -0.610. The van der Waals surface area contributed by atoms with Crippen molar-refractivity contribution in [1.82, 2.24) is 5.32 Å². The number of benzene rings is 1. The molecular weight excluding hydrogens is 252 g/mol. The summed E-state index contributed by atoms with van der Waals surface area (Å²) in [5, 5.41) is 3.38. The predicted molar refractivity (Wildman–Crippen MR) is 75.0 cm³/mol. The van der Waals surface area contributed by atoms with Gasteiger partial charge in [0.25, 0.3) is 0 Å². The third kappa shape index (κ3) is 4.94. The van der Waals surface area contributed by atoms with Crippen molar-refractivity contribution in [1.29, 1.82) is 0 Å². The average molecular weight is 273 g/mol. The van der Waals surface area contributed by atoms with E-state index in [1.54, 1.807) is 6.07 Å². The lowest BCUT2D eigenvalue weighted by Crippen LogP contribution is -2.24. The maximum Gasteiger partial charge on any atom is 0.159 e. The second-order valence-corrected chi connectivity index (χ2v) is 5.41. The van der Waals surface area contributed by atoms with Crippen LogP contribution in [-0.2, 0) is 0 Å². The predicted octanol–water partition coefficient (Wildman–Crippen LogP) is 4.15. The first-order chi connectivity index (χ1) is 8.69. The van der Waals surface area contributed by atoms with E-state index in [2.05, 4.69) is 19.2 Å². The van der Waals surface area contributed by atoms with Crippen LogP contribution >= 0.6 is 11.8 Å². The number of hydrogen-bond donors (Lipinski definition) is 1. The molecule has 0 aliphatic heterocycles. The Labute approximate surface area is 112 Å². The van der Waals surface area contributed by atoms with Crippen molar-refractivity contribution in [2.24, 2.45) is 0 Å². The monoisotopic (exact) mass is 273 g/mol. The molecule has 102 valence electrons. The van der Waals surface area contributed by atoms with Gasteiger partial charge in [0, 0.05) is 11.8 Å². The molecule has 0 radical (unpaired) electrons. The molecule has 0 bridgehead atoms. The summed E-state index contributed by atoms with van der Waals surface area (Å²) in [6.07, 6.45) is 2.15. The standard InChI is InChI=1S/C14H21F2NS/c1-3-7-17-14(10-18-8-4-2)11-5-6-12(15)13(16)9-11/h5-6,9,14,17H,3-4,7-8,10H2,1-2H3. The number of thioether (sulfide) groups is 1. The summed E-state index contributed by atoms with van der Waals surface area (Å²) in [5.74, 6) is 0.429. The summed E-state index contributed by atoms with van der Waals surface area (Å²) in [4.78, 5) is 0. The highest BCUT2D eigenvalue weighted by molar-refractivity contribution is 7.99. The van der Waals surface area contributed by atoms with Crippen LogP contribution in [0.4, 0.5) is 8.78 Å². The topological polar surface area (TPSA) is 12.0 Å². The van der Waals surface area contributed by atoms with Crippen LogP contribution in [0.2, 0.25) is 0 Å². The van der Waals surface area contributed by atoms with E-state index in [4.69, 9.17) is 0 Å². The van der Waals surface area contributed by atoms with Crippen LogP contribution in [0, 0.1) is 11.6 Å². The Bertz CT molecular complexity index is 358. The molecule has 1 atom stereocenters. The number of rotatable bonds is 8. The molecule has 0 amide bonds. The van der Waals surface area contributed by atoms with Crippen LogP contribution in [0.5, 0.6) is 0 Å². The van der Waals surface area contributed by atoms with Gasteiger partial charge < -0.3 is 5.32 Å². The first-order valence-electron chi connectivity index (χ1n) is 6.45. The second-order valence-electron chi connectivity index (χ2n) is 4.26. The van der Waals surface area contributed by atoms with Crippen LogP contribution in [-0.4, -0.2) is 18.1 Å². The fourth-order valence-corrected chi connectivity index (χ4v) is 2.67. The van der Waals surface area contributed by atoms with E-state index in [-0.39, 0.29) is 6.04 Å². The van der Waals surface area contributed by atoms with Crippen molar-refractivity contribution in [3.63, 3.8) is 0 Å². The van der Waals surface area contributed by atoms with Crippen molar-refractivity contribution in [3.8, 4) is 0 Å². The van der Waals surface area contributed by atoms with Crippen molar-refractivity contribution < 1.29 is 8.78 Å². The van der Waals surface area contributed by atoms with Crippen LogP contribution in [0.15, 0.2) is 18.2 Å². The van der Waals surface area contributed by atoms with Gasteiger partial charge in [-0.2, -0.15) is 11.8 Å². The molecule has 1 nitrogen and oxygen atoms in total. The summed E-state index contributed by atoms with van der Waals surface area (Å²) < 4.78 is 26.2. The lowest BCUT2D eigenvalue weighted by Gasteiger charge is -2.18. The average Bonchev–Trinajstić information content (AvgIpc) is 2.37. The van der Waals surface area contributed by atoms with Gasteiger partial charge in [-0.15, -0.1) is 0 Å². The lowest BCUT2D eigenvalue weighted by atomic mass is 10.1. The smallest absolute Gasteiger partial charge is 0.159 e. The Morgan fingerprint density at radius 3 is 2.56 bits per heavy atom. The van der Waals surface area contributed by atoms with E-state index >= 15 is 0 Å². The SMILES string of the molecule is CCCNC(CSCCC)c1ccc(F)c(F)c1. The number of nitrogens with one attached hydrogen (secondary N) is 1. The summed E-state index contributed by atoms with van der Waals surface area (Å²) in [5.41, 5.74) is 0.825. The zero-order chi connectivity index (χ0) is 13.4. The van der Waals surface area contributed by atoms with Crippen molar-refractivity contribution in [2.45, 2.75) is 32.7 Å². The minimum atomic E-state index is -0.783. The Kier molecular flexibility index (Phi) is 7.28. The highest BCUT2D eigenvalue weighted by atomic mass is 32.2. The summed E-state index contributed by atoms with van der Waals surface area (Å²) >= 11 is 1.84. The van der Waals surface area contributed by atoms with Crippen molar-refractivity contribution in [3.05, 3.63) is 35.4 Å². The van der Waals surface area contributed by atoms with Crippen LogP contribution in [0.1, 0.15) is 38.3 Å². The molecule has 4 heteroatoms. The minimum Gasteiger partial charge on any atom is -0.309 e. The molecule has 0 aromatic heterocycles. The molecule has 1 N–H and O–H groups in total. The van der Waals surface area contributed by atoms with Gasteiger partial charge in [-0.3, -0.25) is 0 Å². The molecule has 1 aromatic rings. The molecule has 0 heterocycles. The molecule has 0 saturated heterocycles. The zero-order valence-electron chi connectivity index (χ0n) is 11.0. The molecule has 0 saturated carbocycles. The van der Waals surface area contributed by atoms with Gasteiger partial charge in [-0.05, 0) is 42.8 Å². The highest BCUT2D eigenvalue weighted by Gasteiger charge is 2.13. The van der Waals surface area contributed by atoms with Gasteiger partial charge in [0.1, 0.15) is 0 Å². The van der Waals surface area contributed by atoms with Crippen molar-refractivity contribution >= 4 is 11.8 Å². The van der Waals surface area contributed by atoms with E-state index in [0.29, 0.717) is 0 Å².